The number of aryl methyl sites for hydroxylation is 2. The molecule has 0 unspecified atom stereocenters. The van der Waals surface area contributed by atoms with Crippen molar-refractivity contribution in [2.24, 2.45) is 0 Å². The van der Waals surface area contributed by atoms with Gasteiger partial charge in [-0.25, -0.2) is 4.98 Å². The molecule has 0 bridgehead atoms. The van der Waals surface area contributed by atoms with Crippen molar-refractivity contribution in [1.82, 2.24) is 14.6 Å². The van der Waals surface area contributed by atoms with Gasteiger partial charge in [-0.2, -0.15) is 9.61 Å². The first kappa shape index (κ1) is 12.5. The summed E-state index contributed by atoms with van der Waals surface area (Å²) in [6.07, 6.45) is 0. The molecule has 0 aliphatic heterocycles. The molecule has 0 spiro atoms. The molecule has 0 radical (unpaired) electrons. The number of rotatable bonds is 2. The number of ether oxygens (including phenoxy) is 1. The van der Waals surface area contributed by atoms with E-state index in [1.807, 2.05) is 44.2 Å². The maximum atomic E-state index is 6.00. The van der Waals surface area contributed by atoms with Crippen LogP contribution in [0.1, 0.15) is 11.4 Å². The zero-order valence-electron chi connectivity index (χ0n) is 11.7. The van der Waals surface area contributed by atoms with Gasteiger partial charge in [0, 0.05) is 17.3 Å². The summed E-state index contributed by atoms with van der Waals surface area (Å²) < 4.78 is 6.87. The van der Waals surface area contributed by atoms with Crippen LogP contribution in [0.15, 0.2) is 30.3 Å². The molecule has 0 atom stereocenters. The van der Waals surface area contributed by atoms with E-state index in [9.17, 15) is 0 Å². The minimum atomic E-state index is 0.593. The van der Waals surface area contributed by atoms with Gasteiger partial charge in [0.1, 0.15) is 11.6 Å². The molecule has 0 fully saturated rings. The van der Waals surface area contributed by atoms with E-state index in [0.717, 1.165) is 33.9 Å². The number of nitrogens with zero attached hydrogens (tertiary/aromatic N) is 3. The van der Waals surface area contributed by atoms with E-state index < -0.39 is 0 Å². The Kier molecular flexibility index (Phi) is 2.82. The number of fused-ring (bicyclic) bond motifs is 1. The molecule has 2 heterocycles. The fourth-order valence-corrected chi connectivity index (χ4v) is 2.37. The highest BCUT2D eigenvalue weighted by Gasteiger charge is 2.14. The van der Waals surface area contributed by atoms with Crippen molar-refractivity contribution in [1.29, 1.82) is 0 Å². The number of hydrogen-bond acceptors (Lipinski definition) is 4. The molecule has 1 aromatic carbocycles. The largest absolute Gasteiger partial charge is 0.497 e. The summed E-state index contributed by atoms with van der Waals surface area (Å²) in [4.78, 5) is 4.57. The van der Waals surface area contributed by atoms with Crippen LogP contribution >= 0.6 is 0 Å². The third kappa shape index (κ3) is 1.87. The second kappa shape index (κ2) is 4.52. The number of nitrogens with two attached hydrogens (primary N) is 1. The molecule has 2 N–H and O–H groups in total. The molecule has 5 heteroatoms. The number of aromatic nitrogens is 3. The molecule has 102 valence electrons. The van der Waals surface area contributed by atoms with E-state index >= 15 is 0 Å². The summed E-state index contributed by atoms with van der Waals surface area (Å²) in [5.74, 6) is 1.42. The molecule has 5 nitrogen and oxygen atoms in total. The average Bonchev–Trinajstić information content (AvgIpc) is 2.76. The standard InChI is InChI=1S/C15H16N4O/c1-9-8-13(16)19-15(17-9)14(10(2)18-19)11-4-6-12(20-3)7-5-11/h4-8H,16H2,1-3H3. The highest BCUT2D eigenvalue weighted by molar-refractivity contribution is 5.81. The normalized spacial score (nSPS) is 10.9. The van der Waals surface area contributed by atoms with Gasteiger partial charge in [-0.05, 0) is 31.5 Å². The lowest BCUT2D eigenvalue weighted by Gasteiger charge is -2.04. The topological polar surface area (TPSA) is 65.4 Å². The smallest absolute Gasteiger partial charge is 0.165 e. The van der Waals surface area contributed by atoms with Gasteiger partial charge >= 0.3 is 0 Å². The second-order valence-corrected chi connectivity index (χ2v) is 4.75. The van der Waals surface area contributed by atoms with Gasteiger partial charge < -0.3 is 10.5 Å². The molecule has 0 saturated carbocycles. The summed E-state index contributed by atoms with van der Waals surface area (Å²) in [6.45, 7) is 3.89. The Morgan fingerprint density at radius 2 is 1.85 bits per heavy atom. The average molecular weight is 268 g/mol. The quantitative estimate of drug-likeness (QED) is 0.776. The number of nitrogen functional groups attached to an aromatic ring is 1. The fourth-order valence-electron chi connectivity index (χ4n) is 2.37. The summed E-state index contributed by atoms with van der Waals surface area (Å²) in [5, 5.41) is 4.47. The molecule has 0 aliphatic rings. The fraction of sp³-hybridized carbons (Fsp3) is 0.200. The van der Waals surface area contributed by atoms with Crippen molar-refractivity contribution in [3.63, 3.8) is 0 Å². The van der Waals surface area contributed by atoms with Crippen LogP contribution < -0.4 is 10.5 Å². The van der Waals surface area contributed by atoms with E-state index in [1.165, 1.54) is 0 Å². The molecule has 0 saturated heterocycles. The van der Waals surface area contributed by atoms with Crippen LogP contribution in [0.25, 0.3) is 16.8 Å². The van der Waals surface area contributed by atoms with Crippen LogP contribution in [0.2, 0.25) is 0 Å². The van der Waals surface area contributed by atoms with Crippen molar-refractivity contribution in [2.45, 2.75) is 13.8 Å². The van der Waals surface area contributed by atoms with E-state index in [4.69, 9.17) is 10.5 Å². The summed E-state index contributed by atoms with van der Waals surface area (Å²) >= 11 is 0. The van der Waals surface area contributed by atoms with Crippen LogP contribution in [0.3, 0.4) is 0 Å². The molecule has 0 amide bonds. The molecule has 3 aromatic rings. The Morgan fingerprint density at radius 3 is 2.50 bits per heavy atom. The summed E-state index contributed by atoms with van der Waals surface area (Å²) in [5.41, 5.74) is 10.6. The minimum absolute atomic E-state index is 0.593. The molecule has 0 aliphatic carbocycles. The molecule has 2 aromatic heterocycles. The highest BCUT2D eigenvalue weighted by atomic mass is 16.5. The van der Waals surface area contributed by atoms with E-state index in [0.29, 0.717) is 5.82 Å². The van der Waals surface area contributed by atoms with Crippen molar-refractivity contribution in [2.75, 3.05) is 12.8 Å². The number of anilines is 1. The summed E-state index contributed by atoms with van der Waals surface area (Å²) in [6, 6.07) is 9.68. The van der Waals surface area contributed by atoms with Gasteiger partial charge in [-0.1, -0.05) is 12.1 Å². The van der Waals surface area contributed by atoms with Gasteiger partial charge in [0.15, 0.2) is 5.65 Å². The van der Waals surface area contributed by atoms with Gasteiger partial charge in [-0.3, -0.25) is 0 Å². The van der Waals surface area contributed by atoms with E-state index in [-0.39, 0.29) is 0 Å². The maximum absolute atomic E-state index is 6.00. The number of hydrogen-bond donors (Lipinski definition) is 1. The number of benzene rings is 1. The molecule has 3 rings (SSSR count). The predicted octanol–water partition coefficient (Wildman–Crippen LogP) is 2.60. The predicted molar refractivity (Wildman–Crippen MR) is 78.9 cm³/mol. The Morgan fingerprint density at radius 1 is 1.15 bits per heavy atom. The van der Waals surface area contributed by atoms with Crippen LogP contribution in [0.5, 0.6) is 5.75 Å². The zero-order valence-corrected chi connectivity index (χ0v) is 11.7. The van der Waals surface area contributed by atoms with E-state index in [1.54, 1.807) is 11.6 Å². The van der Waals surface area contributed by atoms with Gasteiger partial charge in [-0.15, -0.1) is 0 Å². The van der Waals surface area contributed by atoms with Crippen molar-refractivity contribution < 1.29 is 4.74 Å². The molecular formula is C15H16N4O. The van der Waals surface area contributed by atoms with Gasteiger partial charge in [0.25, 0.3) is 0 Å². The van der Waals surface area contributed by atoms with Gasteiger partial charge in [0.2, 0.25) is 0 Å². The minimum Gasteiger partial charge on any atom is -0.497 e. The van der Waals surface area contributed by atoms with Crippen molar-refractivity contribution >= 4 is 11.5 Å². The Labute approximate surface area is 117 Å². The van der Waals surface area contributed by atoms with Gasteiger partial charge in [0.05, 0.1) is 12.8 Å². The van der Waals surface area contributed by atoms with Crippen LogP contribution in [-0.2, 0) is 0 Å². The van der Waals surface area contributed by atoms with Crippen LogP contribution in [0, 0.1) is 13.8 Å². The first-order chi connectivity index (χ1) is 9.60. The van der Waals surface area contributed by atoms with E-state index in [2.05, 4.69) is 10.1 Å². The lowest BCUT2D eigenvalue weighted by Crippen LogP contribution is -2.01. The Balaban J connectivity index is 2.26. The van der Waals surface area contributed by atoms with Crippen LogP contribution in [0.4, 0.5) is 5.82 Å². The Bertz CT molecular complexity index is 775. The SMILES string of the molecule is COc1ccc(-c2c(C)nn3c(N)cc(C)nc23)cc1. The summed E-state index contributed by atoms with van der Waals surface area (Å²) in [7, 11) is 1.65. The lowest BCUT2D eigenvalue weighted by molar-refractivity contribution is 0.415. The maximum Gasteiger partial charge on any atom is 0.165 e. The molecule has 20 heavy (non-hydrogen) atoms. The lowest BCUT2D eigenvalue weighted by atomic mass is 10.1. The van der Waals surface area contributed by atoms with Crippen molar-refractivity contribution in [3.05, 3.63) is 41.7 Å². The first-order valence-electron chi connectivity index (χ1n) is 6.37. The number of methoxy groups -OCH3 is 1. The van der Waals surface area contributed by atoms with Crippen molar-refractivity contribution in [3.8, 4) is 16.9 Å². The molecular weight excluding hydrogens is 252 g/mol. The Hall–Kier alpha value is -2.56. The highest BCUT2D eigenvalue weighted by Crippen LogP contribution is 2.29. The third-order valence-corrected chi connectivity index (χ3v) is 3.30. The monoisotopic (exact) mass is 268 g/mol. The second-order valence-electron chi connectivity index (χ2n) is 4.75. The van der Waals surface area contributed by atoms with Crippen LogP contribution in [-0.4, -0.2) is 21.7 Å². The first-order valence-corrected chi connectivity index (χ1v) is 6.37. The zero-order chi connectivity index (χ0) is 14.3. The third-order valence-electron chi connectivity index (χ3n) is 3.30.